The van der Waals surface area contributed by atoms with Crippen LogP contribution in [0.3, 0.4) is 0 Å². The summed E-state index contributed by atoms with van der Waals surface area (Å²) in [4.78, 5) is 2.29. The Morgan fingerprint density at radius 3 is 2.64 bits per heavy atom. The third-order valence-electron chi connectivity index (χ3n) is 1.77. The predicted molar refractivity (Wildman–Crippen MR) is 49.7 cm³/mol. The molecule has 0 aliphatic heterocycles. The molecule has 0 aromatic heterocycles. The van der Waals surface area contributed by atoms with Crippen molar-refractivity contribution < 1.29 is 0 Å². The van der Waals surface area contributed by atoms with Gasteiger partial charge in [-0.1, -0.05) is 6.92 Å². The van der Waals surface area contributed by atoms with Gasteiger partial charge in [0, 0.05) is 13.1 Å². The molecule has 0 heterocycles. The number of likely N-dealkylation sites (N-methyl/N-ethyl adjacent to an activating group) is 1. The molecule has 0 saturated heterocycles. The Morgan fingerprint density at radius 2 is 2.09 bits per heavy atom. The molecule has 0 unspecified atom stereocenters. The number of nitrogens with one attached hydrogen (secondary N) is 1. The van der Waals surface area contributed by atoms with Crippen LogP contribution in [0.15, 0.2) is 0 Å². The first kappa shape index (κ1) is 10.9. The first-order valence-corrected chi connectivity index (χ1v) is 4.40. The smallest absolute Gasteiger partial charge is 0.0104 e. The van der Waals surface area contributed by atoms with E-state index < -0.39 is 0 Å². The maximum atomic E-state index is 5.35. The van der Waals surface area contributed by atoms with Gasteiger partial charge in [0.2, 0.25) is 0 Å². The van der Waals surface area contributed by atoms with Gasteiger partial charge in [-0.3, -0.25) is 0 Å². The minimum absolute atomic E-state index is 0.788. The van der Waals surface area contributed by atoms with E-state index in [2.05, 4.69) is 24.2 Å². The fraction of sp³-hybridized carbons (Fsp3) is 1.00. The summed E-state index contributed by atoms with van der Waals surface area (Å²) in [6.45, 7) is 7.33. The fourth-order valence-corrected chi connectivity index (χ4v) is 0.780. The highest BCUT2D eigenvalue weighted by Gasteiger charge is 1.91. The van der Waals surface area contributed by atoms with Crippen LogP contribution in [0.1, 0.15) is 13.3 Å². The second-order valence-electron chi connectivity index (χ2n) is 2.79. The second kappa shape index (κ2) is 7.98. The first-order valence-electron chi connectivity index (χ1n) is 4.40. The summed E-state index contributed by atoms with van der Waals surface area (Å²) in [5.74, 6) is 0. The largest absolute Gasteiger partial charge is 0.330 e. The highest BCUT2D eigenvalue weighted by molar-refractivity contribution is 4.52. The average Bonchev–Trinajstić information content (AvgIpc) is 2.04. The molecule has 11 heavy (non-hydrogen) atoms. The normalized spacial score (nSPS) is 10.9. The number of nitrogens with two attached hydrogens (primary N) is 1. The molecule has 0 saturated carbocycles. The zero-order valence-corrected chi connectivity index (χ0v) is 7.77. The lowest BCUT2D eigenvalue weighted by Crippen LogP contribution is -2.30. The summed E-state index contributed by atoms with van der Waals surface area (Å²) in [5.41, 5.74) is 5.35. The van der Waals surface area contributed by atoms with Gasteiger partial charge in [-0.2, -0.15) is 0 Å². The van der Waals surface area contributed by atoms with Crippen molar-refractivity contribution in [1.29, 1.82) is 0 Å². The molecule has 0 spiro atoms. The molecule has 3 nitrogen and oxygen atoms in total. The zero-order chi connectivity index (χ0) is 8.53. The summed E-state index contributed by atoms with van der Waals surface area (Å²) in [6.07, 6.45) is 1.08. The van der Waals surface area contributed by atoms with E-state index in [1.165, 1.54) is 0 Å². The molecular formula is C8H21N3. The van der Waals surface area contributed by atoms with Gasteiger partial charge in [-0.05, 0) is 33.1 Å². The second-order valence-corrected chi connectivity index (χ2v) is 2.79. The Kier molecular flexibility index (Phi) is 7.89. The maximum Gasteiger partial charge on any atom is 0.0104 e. The average molecular weight is 159 g/mol. The summed E-state index contributed by atoms with van der Waals surface area (Å²) >= 11 is 0. The van der Waals surface area contributed by atoms with Crippen molar-refractivity contribution in [2.75, 3.05) is 39.8 Å². The number of hydrogen-bond acceptors (Lipinski definition) is 3. The lowest BCUT2D eigenvalue weighted by atomic mass is 10.4. The van der Waals surface area contributed by atoms with Crippen LogP contribution in [0.4, 0.5) is 0 Å². The van der Waals surface area contributed by atoms with Crippen molar-refractivity contribution in [1.82, 2.24) is 10.2 Å². The molecule has 0 aromatic rings. The minimum Gasteiger partial charge on any atom is -0.330 e. The van der Waals surface area contributed by atoms with Crippen molar-refractivity contribution in [2.24, 2.45) is 5.73 Å². The number of nitrogens with zero attached hydrogens (tertiary/aromatic N) is 1. The van der Waals surface area contributed by atoms with Crippen molar-refractivity contribution in [3.63, 3.8) is 0 Å². The fourth-order valence-electron chi connectivity index (χ4n) is 0.780. The van der Waals surface area contributed by atoms with Crippen LogP contribution in [-0.4, -0.2) is 44.7 Å². The lowest BCUT2D eigenvalue weighted by Gasteiger charge is -2.13. The van der Waals surface area contributed by atoms with E-state index in [1.54, 1.807) is 0 Å². The Morgan fingerprint density at radius 1 is 1.36 bits per heavy atom. The third-order valence-corrected chi connectivity index (χ3v) is 1.77. The molecule has 0 rings (SSSR count). The van der Waals surface area contributed by atoms with Gasteiger partial charge in [-0.15, -0.1) is 0 Å². The predicted octanol–water partition coefficient (Wildman–Crippen LogP) is -0.123. The molecule has 0 aromatic carbocycles. The van der Waals surface area contributed by atoms with Gasteiger partial charge in [0.05, 0.1) is 0 Å². The van der Waals surface area contributed by atoms with E-state index in [-0.39, 0.29) is 0 Å². The van der Waals surface area contributed by atoms with Crippen LogP contribution in [0.5, 0.6) is 0 Å². The van der Waals surface area contributed by atoms with Crippen molar-refractivity contribution in [2.45, 2.75) is 13.3 Å². The number of rotatable bonds is 7. The molecular weight excluding hydrogens is 138 g/mol. The summed E-state index contributed by atoms with van der Waals surface area (Å²) in [6, 6.07) is 0. The first-order chi connectivity index (χ1) is 5.31. The molecule has 0 bridgehead atoms. The van der Waals surface area contributed by atoms with Gasteiger partial charge in [0.15, 0.2) is 0 Å². The highest BCUT2D eigenvalue weighted by atomic mass is 15.1. The van der Waals surface area contributed by atoms with Gasteiger partial charge < -0.3 is 16.0 Å². The standard InChI is InChI=1S/C8H21N3/c1-3-11(2)8-7-10-6-4-5-9/h10H,3-9H2,1-2H3. The Balaban J connectivity index is 2.89. The van der Waals surface area contributed by atoms with Gasteiger partial charge in [0.25, 0.3) is 0 Å². The molecule has 0 radical (unpaired) electrons. The third kappa shape index (κ3) is 7.78. The van der Waals surface area contributed by atoms with Crippen LogP contribution < -0.4 is 11.1 Å². The molecule has 3 heteroatoms. The van der Waals surface area contributed by atoms with E-state index in [1.807, 2.05) is 0 Å². The Bertz CT molecular complexity index is 75.7. The van der Waals surface area contributed by atoms with Crippen LogP contribution in [0.2, 0.25) is 0 Å². The van der Waals surface area contributed by atoms with Crippen LogP contribution in [-0.2, 0) is 0 Å². The van der Waals surface area contributed by atoms with Crippen molar-refractivity contribution in [3.8, 4) is 0 Å². The summed E-state index contributed by atoms with van der Waals surface area (Å²) < 4.78 is 0. The van der Waals surface area contributed by atoms with E-state index in [0.29, 0.717) is 0 Å². The lowest BCUT2D eigenvalue weighted by molar-refractivity contribution is 0.349. The molecule has 0 aliphatic rings. The zero-order valence-electron chi connectivity index (χ0n) is 7.77. The van der Waals surface area contributed by atoms with E-state index >= 15 is 0 Å². The van der Waals surface area contributed by atoms with Crippen LogP contribution in [0.25, 0.3) is 0 Å². The summed E-state index contributed by atoms with van der Waals surface area (Å²) in [5, 5.41) is 3.33. The molecule has 68 valence electrons. The highest BCUT2D eigenvalue weighted by Crippen LogP contribution is 1.77. The molecule has 0 amide bonds. The minimum atomic E-state index is 0.788. The number of hydrogen-bond donors (Lipinski definition) is 2. The van der Waals surface area contributed by atoms with Crippen LogP contribution in [0, 0.1) is 0 Å². The SMILES string of the molecule is CCN(C)CCNCCCN. The van der Waals surface area contributed by atoms with Crippen LogP contribution >= 0.6 is 0 Å². The Labute approximate surface area is 69.9 Å². The Hall–Kier alpha value is -0.120. The molecule has 3 N–H and O–H groups in total. The topological polar surface area (TPSA) is 41.3 Å². The molecule has 0 fully saturated rings. The molecule has 0 aliphatic carbocycles. The quantitative estimate of drug-likeness (QED) is 0.509. The molecule has 0 atom stereocenters. The van der Waals surface area contributed by atoms with Gasteiger partial charge in [0.1, 0.15) is 0 Å². The van der Waals surface area contributed by atoms with E-state index in [9.17, 15) is 0 Å². The van der Waals surface area contributed by atoms with E-state index in [0.717, 1.165) is 39.1 Å². The van der Waals surface area contributed by atoms with Gasteiger partial charge >= 0.3 is 0 Å². The van der Waals surface area contributed by atoms with Crippen molar-refractivity contribution >= 4 is 0 Å². The summed E-state index contributed by atoms with van der Waals surface area (Å²) in [7, 11) is 2.13. The monoisotopic (exact) mass is 159 g/mol. The van der Waals surface area contributed by atoms with Crippen molar-refractivity contribution in [3.05, 3.63) is 0 Å². The van der Waals surface area contributed by atoms with E-state index in [4.69, 9.17) is 5.73 Å². The van der Waals surface area contributed by atoms with Gasteiger partial charge in [-0.25, -0.2) is 0 Å². The maximum absolute atomic E-state index is 5.35.